The van der Waals surface area contributed by atoms with E-state index in [2.05, 4.69) is 0 Å². The van der Waals surface area contributed by atoms with Crippen molar-refractivity contribution in [3.8, 4) is 11.5 Å². The standard InChI is InChI=1S/C26H24ClNO6/c1-32-18-10-6-5-9-17(18)22-21(24(30)26(31)28(22)16-7-3-4-8-16)23(29)19-12-14-11-15(27)13-20(33-2)25(14)34-19/h5-6,9-13,16,22,30H,3-4,7-8H2,1-2H3. The van der Waals surface area contributed by atoms with E-state index in [1.165, 1.54) is 14.2 Å². The lowest BCUT2D eigenvalue weighted by molar-refractivity contribution is -0.131. The van der Waals surface area contributed by atoms with Crippen LogP contribution in [0.25, 0.3) is 11.0 Å². The zero-order valence-electron chi connectivity index (χ0n) is 18.8. The summed E-state index contributed by atoms with van der Waals surface area (Å²) in [6, 6.07) is 11.2. The summed E-state index contributed by atoms with van der Waals surface area (Å²) < 4.78 is 16.8. The van der Waals surface area contributed by atoms with E-state index in [-0.39, 0.29) is 17.4 Å². The number of nitrogens with zero attached hydrogens (tertiary/aromatic N) is 1. The average Bonchev–Trinajstić information content (AvgIpc) is 3.57. The summed E-state index contributed by atoms with van der Waals surface area (Å²) in [6.45, 7) is 0. The first-order chi connectivity index (χ1) is 16.4. The number of rotatable bonds is 6. The number of ketones is 1. The Morgan fingerprint density at radius 1 is 1.09 bits per heavy atom. The van der Waals surface area contributed by atoms with Crippen molar-refractivity contribution in [3.63, 3.8) is 0 Å². The number of amides is 1. The van der Waals surface area contributed by atoms with Gasteiger partial charge < -0.3 is 23.9 Å². The molecule has 7 nitrogen and oxygen atoms in total. The molecule has 0 radical (unpaired) electrons. The second kappa shape index (κ2) is 8.72. The van der Waals surface area contributed by atoms with E-state index in [1.54, 1.807) is 29.2 Å². The highest BCUT2D eigenvalue weighted by molar-refractivity contribution is 6.31. The van der Waals surface area contributed by atoms with Gasteiger partial charge in [-0.05, 0) is 31.0 Å². The molecule has 2 heterocycles. The van der Waals surface area contributed by atoms with E-state index in [1.807, 2.05) is 18.2 Å². The zero-order valence-corrected chi connectivity index (χ0v) is 19.6. The lowest BCUT2D eigenvalue weighted by atomic mass is 9.93. The quantitative estimate of drug-likeness (QED) is 0.459. The van der Waals surface area contributed by atoms with Crippen LogP contribution >= 0.6 is 11.6 Å². The molecule has 1 aliphatic carbocycles. The molecule has 1 atom stereocenters. The minimum absolute atomic E-state index is 0.0157. The van der Waals surface area contributed by atoms with Crippen molar-refractivity contribution in [2.24, 2.45) is 0 Å². The fourth-order valence-electron chi connectivity index (χ4n) is 5.09. The van der Waals surface area contributed by atoms with Crippen molar-refractivity contribution < 1.29 is 28.6 Å². The van der Waals surface area contributed by atoms with E-state index in [0.29, 0.717) is 33.1 Å². The Labute approximate surface area is 201 Å². The molecule has 1 aromatic heterocycles. The number of hydrogen-bond acceptors (Lipinski definition) is 6. The molecule has 176 valence electrons. The van der Waals surface area contributed by atoms with Crippen LogP contribution in [-0.2, 0) is 4.79 Å². The van der Waals surface area contributed by atoms with Crippen LogP contribution in [0.1, 0.15) is 47.8 Å². The van der Waals surface area contributed by atoms with Crippen LogP contribution in [0.15, 0.2) is 58.2 Å². The average molecular weight is 482 g/mol. The summed E-state index contributed by atoms with van der Waals surface area (Å²) in [5.41, 5.74) is 0.973. The third kappa shape index (κ3) is 3.51. The van der Waals surface area contributed by atoms with Gasteiger partial charge in [0.1, 0.15) is 5.75 Å². The number of aliphatic hydroxyl groups excluding tert-OH is 1. The molecule has 1 unspecified atom stereocenters. The number of halogens is 1. The van der Waals surface area contributed by atoms with Gasteiger partial charge in [-0.2, -0.15) is 0 Å². The van der Waals surface area contributed by atoms with Gasteiger partial charge in [0.05, 0.1) is 25.8 Å². The number of ether oxygens (including phenoxy) is 2. The smallest absolute Gasteiger partial charge is 0.290 e. The fraction of sp³-hybridized carbons (Fsp3) is 0.308. The summed E-state index contributed by atoms with van der Waals surface area (Å²) in [6.07, 6.45) is 3.60. The van der Waals surface area contributed by atoms with Crippen molar-refractivity contribution in [3.05, 3.63) is 70.1 Å². The van der Waals surface area contributed by atoms with Gasteiger partial charge in [-0.25, -0.2) is 0 Å². The molecule has 34 heavy (non-hydrogen) atoms. The predicted molar refractivity (Wildman–Crippen MR) is 127 cm³/mol. The topological polar surface area (TPSA) is 89.2 Å². The van der Waals surface area contributed by atoms with Crippen molar-refractivity contribution in [1.82, 2.24) is 4.90 Å². The Morgan fingerprint density at radius 2 is 1.79 bits per heavy atom. The number of hydrogen-bond donors (Lipinski definition) is 1. The molecular formula is C26H24ClNO6. The first-order valence-electron chi connectivity index (χ1n) is 11.1. The highest BCUT2D eigenvalue weighted by atomic mass is 35.5. The number of para-hydroxylation sites is 1. The van der Waals surface area contributed by atoms with Crippen molar-refractivity contribution >= 4 is 34.3 Å². The Hall–Kier alpha value is -3.45. The molecule has 1 N–H and O–H groups in total. The Bertz CT molecular complexity index is 1320. The highest BCUT2D eigenvalue weighted by Gasteiger charge is 2.48. The summed E-state index contributed by atoms with van der Waals surface area (Å²) in [5.74, 6) is -0.784. The summed E-state index contributed by atoms with van der Waals surface area (Å²) in [5, 5.41) is 12.0. The second-order valence-electron chi connectivity index (χ2n) is 8.52. The number of furan rings is 1. The minimum atomic E-state index is -0.794. The van der Waals surface area contributed by atoms with Gasteiger partial charge in [0.25, 0.3) is 5.91 Å². The molecule has 2 aromatic carbocycles. The number of Topliss-reactive ketones (excluding diaryl/α,β-unsaturated/α-hetero) is 1. The molecule has 2 aliphatic rings. The molecule has 0 bridgehead atoms. The van der Waals surface area contributed by atoms with E-state index in [0.717, 1.165) is 25.7 Å². The molecule has 8 heteroatoms. The maximum absolute atomic E-state index is 13.8. The number of aliphatic hydroxyl groups is 1. The van der Waals surface area contributed by atoms with E-state index >= 15 is 0 Å². The maximum atomic E-state index is 13.8. The molecule has 1 saturated carbocycles. The van der Waals surface area contributed by atoms with Gasteiger partial charge in [0.15, 0.2) is 22.9 Å². The summed E-state index contributed by atoms with van der Waals surface area (Å²) in [7, 11) is 3.02. The molecular weight excluding hydrogens is 458 g/mol. The zero-order chi connectivity index (χ0) is 24.0. The third-order valence-electron chi connectivity index (χ3n) is 6.63. The molecule has 1 amide bonds. The SMILES string of the molecule is COc1ccccc1C1C(C(=O)c2cc3cc(Cl)cc(OC)c3o2)=C(O)C(=O)N1C1CCCC1. The van der Waals surface area contributed by atoms with Crippen LogP contribution in [0, 0.1) is 0 Å². The second-order valence-corrected chi connectivity index (χ2v) is 8.96. The predicted octanol–water partition coefficient (Wildman–Crippen LogP) is 5.62. The van der Waals surface area contributed by atoms with Gasteiger partial charge in [-0.15, -0.1) is 0 Å². The summed E-state index contributed by atoms with van der Waals surface area (Å²) in [4.78, 5) is 28.7. The first-order valence-corrected chi connectivity index (χ1v) is 11.5. The number of fused-ring (bicyclic) bond motifs is 1. The lowest BCUT2D eigenvalue weighted by Crippen LogP contribution is -2.38. The van der Waals surface area contributed by atoms with E-state index in [4.69, 9.17) is 25.5 Å². The first kappa shape index (κ1) is 22.3. The molecule has 0 saturated heterocycles. The maximum Gasteiger partial charge on any atom is 0.290 e. The Balaban J connectivity index is 1.65. The lowest BCUT2D eigenvalue weighted by Gasteiger charge is -2.32. The fourth-order valence-corrected chi connectivity index (χ4v) is 5.31. The van der Waals surface area contributed by atoms with Gasteiger partial charge in [-0.1, -0.05) is 42.6 Å². The van der Waals surface area contributed by atoms with E-state index in [9.17, 15) is 14.7 Å². The van der Waals surface area contributed by atoms with Crippen molar-refractivity contribution in [2.45, 2.75) is 37.8 Å². The summed E-state index contributed by atoms with van der Waals surface area (Å²) >= 11 is 6.17. The van der Waals surface area contributed by atoms with Crippen LogP contribution in [0.2, 0.25) is 5.02 Å². The third-order valence-corrected chi connectivity index (χ3v) is 6.85. The molecule has 1 aliphatic heterocycles. The van der Waals surface area contributed by atoms with Crippen LogP contribution in [0.4, 0.5) is 0 Å². The molecule has 0 spiro atoms. The Morgan fingerprint density at radius 3 is 2.50 bits per heavy atom. The monoisotopic (exact) mass is 481 g/mol. The number of methoxy groups -OCH3 is 2. The number of carbonyl (C=O) groups is 2. The molecule has 1 fully saturated rings. The number of carbonyl (C=O) groups excluding carboxylic acids is 2. The molecule has 3 aromatic rings. The van der Waals surface area contributed by atoms with Crippen LogP contribution < -0.4 is 9.47 Å². The normalized spacial score (nSPS) is 18.9. The van der Waals surface area contributed by atoms with Gasteiger partial charge in [0, 0.05) is 28.1 Å². The van der Waals surface area contributed by atoms with Gasteiger partial charge >= 0.3 is 0 Å². The van der Waals surface area contributed by atoms with Crippen LogP contribution in [-0.4, -0.2) is 42.0 Å². The van der Waals surface area contributed by atoms with Crippen LogP contribution in [0.3, 0.4) is 0 Å². The highest BCUT2D eigenvalue weighted by Crippen LogP contribution is 2.46. The van der Waals surface area contributed by atoms with Crippen molar-refractivity contribution in [2.75, 3.05) is 14.2 Å². The van der Waals surface area contributed by atoms with Crippen molar-refractivity contribution in [1.29, 1.82) is 0 Å². The van der Waals surface area contributed by atoms with Gasteiger partial charge in [0.2, 0.25) is 5.78 Å². The van der Waals surface area contributed by atoms with Crippen LogP contribution in [0.5, 0.6) is 11.5 Å². The van der Waals surface area contributed by atoms with Gasteiger partial charge in [-0.3, -0.25) is 9.59 Å². The molecule has 5 rings (SSSR count). The largest absolute Gasteiger partial charge is 0.503 e. The van der Waals surface area contributed by atoms with E-state index < -0.39 is 23.5 Å². The minimum Gasteiger partial charge on any atom is -0.503 e. The number of benzene rings is 2. The Kier molecular flexibility index (Phi) is 5.73.